The molecule has 0 heterocycles. The molecule has 23 heavy (non-hydrogen) atoms. The summed E-state index contributed by atoms with van der Waals surface area (Å²) in [6, 6.07) is 9.57. The maximum absolute atomic E-state index is 12.7. The Balaban J connectivity index is 3.14. The molecule has 4 nitrogen and oxygen atoms in total. The number of benzene rings is 1. The average molecular weight is 320 g/mol. The molecule has 0 bridgehead atoms. The standard InChI is InChI=1S/C19H28O4/c1-4-7-11-14-19(17(20)22-5-2,18(21)23-6-3)15-16-12-9-8-10-13-16/h8-10,12-13H,4-7,11,14-15H2,1-3H3. The Morgan fingerprint density at radius 2 is 1.48 bits per heavy atom. The Hall–Kier alpha value is -1.84. The highest BCUT2D eigenvalue weighted by Gasteiger charge is 2.48. The molecule has 0 aromatic heterocycles. The third kappa shape index (κ3) is 5.38. The first kappa shape index (κ1) is 19.2. The van der Waals surface area contributed by atoms with Crippen LogP contribution in [0.1, 0.15) is 52.0 Å². The van der Waals surface area contributed by atoms with Crippen LogP contribution in [0.15, 0.2) is 30.3 Å². The van der Waals surface area contributed by atoms with Gasteiger partial charge in [-0.1, -0.05) is 56.5 Å². The van der Waals surface area contributed by atoms with E-state index in [1.165, 1.54) is 0 Å². The van der Waals surface area contributed by atoms with Gasteiger partial charge >= 0.3 is 11.9 Å². The molecular formula is C19H28O4. The molecule has 4 heteroatoms. The lowest BCUT2D eigenvalue weighted by atomic mass is 9.77. The minimum atomic E-state index is -1.25. The Labute approximate surface area is 139 Å². The zero-order valence-corrected chi connectivity index (χ0v) is 14.5. The van der Waals surface area contributed by atoms with E-state index in [1.54, 1.807) is 13.8 Å². The van der Waals surface area contributed by atoms with Crippen molar-refractivity contribution in [3.8, 4) is 0 Å². The summed E-state index contributed by atoms with van der Waals surface area (Å²) in [7, 11) is 0. The van der Waals surface area contributed by atoms with Crippen LogP contribution in [0, 0.1) is 5.41 Å². The highest BCUT2D eigenvalue weighted by molar-refractivity contribution is 6.00. The van der Waals surface area contributed by atoms with Crippen molar-refractivity contribution in [1.29, 1.82) is 0 Å². The maximum Gasteiger partial charge on any atom is 0.323 e. The molecule has 0 atom stereocenters. The molecule has 0 fully saturated rings. The second-order valence-corrected chi connectivity index (χ2v) is 5.64. The van der Waals surface area contributed by atoms with E-state index in [2.05, 4.69) is 6.92 Å². The lowest BCUT2D eigenvalue weighted by Gasteiger charge is -2.29. The van der Waals surface area contributed by atoms with Gasteiger partial charge in [-0.15, -0.1) is 0 Å². The van der Waals surface area contributed by atoms with Crippen LogP contribution in [0.3, 0.4) is 0 Å². The summed E-state index contributed by atoms with van der Waals surface area (Å²) in [5.74, 6) is -0.947. The van der Waals surface area contributed by atoms with Crippen LogP contribution >= 0.6 is 0 Å². The average Bonchev–Trinajstić information content (AvgIpc) is 2.55. The highest BCUT2D eigenvalue weighted by atomic mass is 16.6. The van der Waals surface area contributed by atoms with Crippen molar-refractivity contribution in [2.24, 2.45) is 5.41 Å². The van der Waals surface area contributed by atoms with Crippen molar-refractivity contribution in [2.75, 3.05) is 13.2 Å². The number of esters is 2. The van der Waals surface area contributed by atoms with E-state index in [9.17, 15) is 9.59 Å². The number of rotatable bonds is 10. The molecular weight excluding hydrogens is 292 g/mol. The van der Waals surface area contributed by atoms with Gasteiger partial charge in [-0.2, -0.15) is 0 Å². The lowest BCUT2D eigenvalue weighted by Crippen LogP contribution is -2.44. The van der Waals surface area contributed by atoms with Gasteiger partial charge in [0.2, 0.25) is 0 Å². The van der Waals surface area contributed by atoms with Crippen molar-refractivity contribution < 1.29 is 19.1 Å². The van der Waals surface area contributed by atoms with Crippen LogP contribution in [0.4, 0.5) is 0 Å². The molecule has 0 unspecified atom stereocenters. The first-order chi connectivity index (χ1) is 11.1. The molecule has 0 radical (unpaired) electrons. The molecule has 128 valence electrons. The molecule has 0 N–H and O–H groups in total. The summed E-state index contributed by atoms with van der Waals surface area (Å²) in [6.07, 6.45) is 3.55. The fraction of sp³-hybridized carbons (Fsp3) is 0.579. The molecule has 0 aliphatic heterocycles. The van der Waals surface area contributed by atoms with Gasteiger partial charge in [0.25, 0.3) is 0 Å². The quantitative estimate of drug-likeness (QED) is 0.372. The van der Waals surface area contributed by atoms with Gasteiger partial charge in [-0.05, 0) is 32.3 Å². The van der Waals surface area contributed by atoms with E-state index >= 15 is 0 Å². The SMILES string of the molecule is CCCCCC(Cc1ccccc1)(C(=O)OCC)C(=O)OCC. The van der Waals surface area contributed by atoms with Gasteiger partial charge in [0.05, 0.1) is 13.2 Å². The van der Waals surface area contributed by atoms with Crippen LogP contribution in [0.25, 0.3) is 0 Å². The van der Waals surface area contributed by atoms with Crippen molar-refractivity contribution in [3.63, 3.8) is 0 Å². The van der Waals surface area contributed by atoms with Crippen LogP contribution in [0.2, 0.25) is 0 Å². The topological polar surface area (TPSA) is 52.6 Å². The van der Waals surface area contributed by atoms with Gasteiger partial charge in [0.1, 0.15) is 0 Å². The van der Waals surface area contributed by atoms with E-state index in [0.29, 0.717) is 12.8 Å². The molecule has 1 rings (SSSR count). The predicted octanol–water partition coefficient (Wildman–Crippen LogP) is 3.92. The summed E-state index contributed by atoms with van der Waals surface area (Å²) in [5.41, 5.74) is -0.312. The van der Waals surface area contributed by atoms with E-state index in [0.717, 1.165) is 24.8 Å². The third-order valence-corrected chi connectivity index (χ3v) is 3.89. The number of carbonyl (C=O) groups is 2. The van der Waals surface area contributed by atoms with Crippen molar-refractivity contribution >= 4 is 11.9 Å². The Morgan fingerprint density at radius 3 is 1.96 bits per heavy atom. The first-order valence-electron chi connectivity index (χ1n) is 8.49. The third-order valence-electron chi connectivity index (χ3n) is 3.89. The van der Waals surface area contributed by atoms with Crippen molar-refractivity contribution in [1.82, 2.24) is 0 Å². The molecule has 0 saturated carbocycles. The van der Waals surface area contributed by atoms with E-state index in [1.807, 2.05) is 30.3 Å². The normalized spacial score (nSPS) is 11.1. The predicted molar refractivity (Wildman–Crippen MR) is 90.0 cm³/mol. The lowest BCUT2D eigenvalue weighted by molar-refractivity contribution is -0.172. The van der Waals surface area contributed by atoms with Crippen molar-refractivity contribution in [2.45, 2.75) is 52.9 Å². The fourth-order valence-electron chi connectivity index (χ4n) is 2.68. The van der Waals surface area contributed by atoms with E-state index < -0.39 is 17.4 Å². The van der Waals surface area contributed by atoms with E-state index in [-0.39, 0.29) is 13.2 Å². The van der Waals surface area contributed by atoms with Gasteiger partial charge in [-0.25, -0.2) is 0 Å². The maximum atomic E-state index is 12.7. The van der Waals surface area contributed by atoms with E-state index in [4.69, 9.17) is 9.47 Å². The first-order valence-corrected chi connectivity index (χ1v) is 8.49. The number of carbonyl (C=O) groups excluding carboxylic acids is 2. The second-order valence-electron chi connectivity index (χ2n) is 5.64. The van der Waals surface area contributed by atoms with Crippen LogP contribution in [0.5, 0.6) is 0 Å². The summed E-state index contributed by atoms with van der Waals surface area (Å²) >= 11 is 0. The molecule has 0 aliphatic carbocycles. The molecule has 0 aliphatic rings. The number of hydrogen-bond donors (Lipinski definition) is 0. The summed E-state index contributed by atoms with van der Waals surface area (Å²) in [4.78, 5) is 25.3. The molecule has 0 amide bonds. The monoisotopic (exact) mass is 320 g/mol. The Kier molecular flexibility index (Phi) is 8.38. The second kappa shape index (κ2) is 10.0. The van der Waals surface area contributed by atoms with Gasteiger partial charge < -0.3 is 9.47 Å². The van der Waals surface area contributed by atoms with Crippen molar-refractivity contribution in [3.05, 3.63) is 35.9 Å². The number of ether oxygens (including phenoxy) is 2. The Morgan fingerprint density at radius 1 is 0.913 bits per heavy atom. The van der Waals surface area contributed by atoms with Gasteiger partial charge in [0.15, 0.2) is 5.41 Å². The molecule has 1 aromatic carbocycles. The molecule has 0 saturated heterocycles. The largest absolute Gasteiger partial charge is 0.465 e. The number of hydrogen-bond acceptors (Lipinski definition) is 4. The minimum absolute atomic E-state index is 0.253. The summed E-state index contributed by atoms with van der Waals surface area (Å²) < 4.78 is 10.5. The highest BCUT2D eigenvalue weighted by Crippen LogP contribution is 2.33. The smallest absolute Gasteiger partial charge is 0.323 e. The zero-order valence-electron chi connectivity index (χ0n) is 14.5. The van der Waals surface area contributed by atoms with Crippen LogP contribution in [-0.2, 0) is 25.5 Å². The minimum Gasteiger partial charge on any atom is -0.465 e. The van der Waals surface area contributed by atoms with Gasteiger partial charge in [-0.3, -0.25) is 9.59 Å². The number of unbranched alkanes of at least 4 members (excludes halogenated alkanes) is 2. The zero-order chi connectivity index (χ0) is 17.1. The van der Waals surface area contributed by atoms with Crippen LogP contribution in [-0.4, -0.2) is 25.2 Å². The molecule has 0 spiro atoms. The fourth-order valence-corrected chi connectivity index (χ4v) is 2.68. The van der Waals surface area contributed by atoms with Gasteiger partial charge in [0, 0.05) is 0 Å². The Bertz CT molecular complexity index is 463. The molecule has 1 aromatic rings. The summed E-state index contributed by atoms with van der Waals surface area (Å²) in [5, 5.41) is 0. The van der Waals surface area contributed by atoms with Crippen LogP contribution < -0.4 is 0 Å². The summed E-state index contributed by atoms with van der Waals surface area (Å²) in [6.45, 7) is 6.10.